The van der Waals surface area contributed by atoms with E-state index in [4.69, 9.17) is 17.3 Å². The Balaban J connectivity index is 2.93. The van der Waals surface area contributed by atoms with Crippen molar-refractivity contribution >= 4 is 29.5 Å². The molecule has 1 heterocycles. The maximum atomic E-state index is 13.7. The molecule has 2 N–H and O–H groups in total. The second-order valence-corrected chi connectivity index (χ2v) is 4.92. The molecule has 0 radical (unpaired) electrons. The summed E-state index contributed by atoms with van der Waals surface area (Å²) < 4.78 is 53.5. The molecule has 2 aromatic rings. The number of carboxylic acid groups (broad SMARTS) is 1. The molecule has 0 unspecified atom stereocenters. The van der Waals surface area contributed by atoms with Gasteiger partial charge in [-0.25, -0.2) is 22.4 Å². The monoisotopic (exact) mass is 309 g/mol. The summed E-state index contributed by atoms with van der Waals surface area (Å²) in [6.07, 6.45) is 0. The minimum atomic E-state index is -2.17. The van der Waals surface area contributed by atoms with E-state index in [2.05, 4.69) is 4.98 Å². The predicted molar refractivity (Wildman–Crippen MR) is 61.7 cm³/mol. The van der Waals surface area contributed by atoms with Crippen LogP contribution in [0.5, 0.6) is 0 Å². The number of hydrogen-bond donors (Lipinski definition) is 2. The van der Waals surface area contributed by atoms with Gasteiger partial charge in [0.2, 0.25) is 0 Å². The molecule has 3 nitrogen and oxygen atoms in total. The van der Waals surface area contributed by atoms with Crippen LogP contribution in [0.4, 0.5) is 17.6 Å². The minimum Gasteiger partial charge on any atom is -0.478 e. The highest BCUT2D eigenvalue weighted by molar-refractivity contribution is 7.73. The van der Waals surface area contributed by atoms with Crippen LogP contribution in [0.3, 0.4) is 0 Å². The van der Waals surface area contributed by atoms with E-state index in [9.17, 15) is 22.4 Å². The van der Waals surface area contributed by atoms with Crippen molar-refractivity contribution in [1.82, 2.24) is 4.98 Å². The van der Waals surface area contributed by atoms with Crippen LogP contribution in [-0.4, -0.2) is 16.1 Å². The Morgan fingerprint density at radius 1 is 1.16 bits per heavy atom. The molecular weight excluding hydrogens is 306 g/mol. The Hall–Kier alpha value is -1.74. The standard InChI is InChI=1S/C10H3F4NO2S2/c11-5-3(2-1-19-10(18)15-2)4(9(16)17)6(12)8(14)7(5)13/h1H,(H,15,18)(H,16,17). The highest BCUT2D eigenvalue weighted by Crippen LogP contribution is 2.32. The van der Waals surface area contributed by atoms with E-state index in [0.717, 1.165) is 11.3 Å². The van der Waals surface area contributed by atoms with Crippen molar-refractivity contribution in [3.05, 3.63) is 38.2 Å². The van der Waals surface area contributed by atoms with Crippen molar-refractivity contribution in [3.63, 3.8) is 0 Å². The van der Waals surface area contributed by atoms with E-state index in [0.29, 0.717) is 0 Å². The van der Waals surface area contributed by atoms with Crippen molar-refractivity contribution < 1.29 is 27.5 Å². The fourth-order valence-electron chi connectivity index (χ4n) is 1.49. The van der Waals surface area contributed by atoms with Crippen molar-refractivity contribution in [2.45, 2.75) is 0 Å². The van der Waals surface area contributed by atoms with Crippen molar-refractivity contribution in [2.24, 2.45) is 0 Å². The zero-order valence-corrected chi connectivity index (χ0v) is 10.4. The summed E-state index contributed by atoms with van der Waals surface area (Å²) in [4.78, 5) is 13.3. The molecule has 19 heavy (non-hydrogen) atoms. The van der Waals surface area contributed by atoms with Gasteiger partial charge in [0.1, 0.15) is 5.56 Å². The van der Waals surface area contributed by atoms with Gasteiger partial charge >= 0.3 is 5.97 Å². The second-order valence-electron chi connectivity index (χ2n) is 3.37. The molecule has 0 atom stereocenters. The number of carboxylic acids is 1. The maximum Gasteiger partial charge on any atom is 0.339 e. The summed E-state index contributed by atoms with van der Waals surface area (Å²) in [5.41, 5.74) is -2.43. The van der Waals surface area contributed by atoms with Crippen molar-refractivity contribution in [3.8, 4) is 11.3 Å². The number of hydrogen-bond acceptors (Lipinski definition) is 3. The van der Waals surface area contributed by atoms with Crippen molar-refractivity contribution in [2.75, 3.05) is 0 Å². The van der Waals surface area contributed by atoms with E-state index in [1.54, 1.807) is 0 Å². The summed E-state index contributed by atoms with van der Waals surface area (Å²) in [7, 11) is 0. The van der Waals surface area contributed by atoms with Crippen LogP contribution in [0.2, 0.25) is 0 Å². The van der Waals surface area contributed by atoms with Gasteiger partial charge in [-0.3, -0.25) is 0 Å². The number of rotatable bonds is 2. The van der Waals surface area contributed by atoms with Gasteiger partial charge in [-0.1, -0.05) is 0 Å². The number of halogens is 4. The van der Waals surface area contributed by atoms with E-state index >= 15 is 0 Å². The van der Waals surface area contributed by atoms with Crippen LogP contribution in [0, 0.1) is 27.2 Å². The first-order valence-electron chi connectivity index (χ1n) is 4.62. The van der Waals surface area contributed by atoms with Crippen LogP contribution < -0.4 is 0 Å². The Labute approximate surface area is 112 Å². The quantitative estimate of drug-likeness (QED) is 0.385. The third kappa shape index (κ3) is 2.15. The van der Waals surface area contributed by atoms with E-state index in [1.807, 2.05) is 0 Å². The first-order valence-corrected chi connectivity index (χ1v) is 5.90. The molecule has 0 aliphatic carbocycles. The average Bonchev–Trinajstić information content (AvgIpc) is 2.76. The Morgan fingerprint density at radius 2 is 1.74 bits per heavy atom. The molecule has 0 fully saturated rings. The summed E-state index contributed by atoms with van der Waals surface area (Å²) >= 11 is 5.61. The Morgan fingerprint density at radius 3 is 2.21 bits per heavy atom. The molecule has 9 heteroatoms. The van der Waals surface area contributed by atoms with E-state index in [1.165, 1.54) is 5.38 Å². The van der Waals surface area contributed by atoms with Crippen LogP contribution in [0.15, 0.2) is 5.38 Å². The predicted octanol–water partition coefficient (Wildman–Crippen LogP) is 3.73. The molecule has 0 saturated heterocycles. The lowest BCUT2D eigenvalue weighted by Crippen LogP contribution is -2.11. The highest BCUT2D eigenvalue weighted by Gasteiger charge is 2.30. The molecule has 0 saturated carbocycles. The molecule has 1 aromatic heterocycles. The zero-order chi connectivity index (χ0) is 14.3. The van der Waals surface area contributed by atoms with Gasteiger partial charge < -0.3 is 10.1 Å². The average molecular weight is 309 g/mol. The first kappa shape index (κ1) is 13.7. The molecule has 0 aliphatic rings. The van der Waals surface area contributed by atoms with Gasteiger partial charge in [-0.05, 0) is 12.2 Å². The number of thiazole rings is 1. The van der Waals surface area contributed by atoms with Gasteiger partial charge in [-0.15, -0.1) is 11.3 Å². The fraction of sp³-hybridized carbons (Fsp3) is 0. The SMILES string of the molecule is O=C(O)c1c(F)c(F)c(F)c(F)c1-c1csc(=S)[nH]1. The topological polar surface area (TPSA) is 53.1 Å². The van der Waals surface area contributed by atoms with Gasteiger partial charge in [-0.2, -0.15) is 0 Å². The summed E-state index contributed by atoms with van der Waals surface area (Å²) in [5.74, 6) is -9.93. The van der Waals surface area contributed by atoms with Crippen LogP contribution in [-0.2, 0) is 0 Å². The number of H-pyrrole nitrogens is 1. The first-order chi connectivity index (χ1) is 8.84. The number of aromatic carboxylic acids is 1. The maximum absolute atomic E-state index is 13.7. The molecule has 100 valence electrons. The van der Waals surface area contributed by atoms with Gasteiger partial charge in [0.25, 0.3) is 0 Å². The Bertz CT molecular complexity index is 738. The molecule has 0 bridgehead atoms. The lowest BCUT2D eigenvalue weighted by Gasteiger charge is -2.09. The van der Waals surface area contributed by atoms with Crippen LogP contribution in [0.25, 0.3) is 11.3 Å². The smallest absolute Gasteiger partial charge is 0.339 e. The third-order valence-electron chi connectivity index (χ3n) is 2.27. The van der Waals surface area contributed by atoms with E-state index < -0.39 is 40.4 Å². The fourth-order valence-corrected chi connectivity index (χ4v) is 2.31. The molecule has 2 rings (SSSR count). The lowest BCUT2D eigenvalue weighted by atomic mass is 10.0. The van der Waals surface area contributed by atoms with Crippen LogP contribution in [0.1, 0.15) is 10.4 Å². The van der Waals surface area contributed by atoms with E-state index in [-0.39, 0.29) is 9.65 Å². The summed E-state index contributed by atoms with van der Waals surface area (Å²) in [6, 6.07) is 0. The molecular formula is C10H3F4NO2S2. The number of nitrogens with one attached hydrogen (secondary N) is 1. The number of aromatic nitrogens is 1. The third-order valence-corrected chi connectivity index (χ3v) is 3.33. The van der Waals surface area contributed by atoms with Gasteiger partial charge in [0.05, 0.1) is 11.3 Å². The number of carbonyl (C=O) groups is 1. The molecule has 1 aromatic carbocycles. The lowest BCUT2D eigenvalue weighted by molar-refractivity contribution is 0.0690. The molecule has 0 amide bonds. The molecule has 0 spiro atoms. The minimum absolute atomic E-state index is 0.149. The number of benzene rings is 1. The van der Waals surface area contributed by atoms with Gasteiger partial charge in [0, 0.05) is 5.38 Å². The number of aromatic amines is 1. The van der Waals surface area contributed by atoms with Gasteiger partial charge in [0.15, 0.2) is 27.2 Å². The summed E-state index contributed by atoms with van der Waals surface area (Å²) in [5, 5.41) is 10.0. The summed E-state index contributed by atoms with van der Waals surface area (Å²) in [6.45, 7) is 0. The second kappa shape index (κ2) is 4.74. The zero-order valence-electron chi connectivity index (χ0n) is 8.76. The molecule has 0 aliphatic heterocycles. The normalized spacial score (nSPS) is 10.7. The highest BCUT2D eigenvalue weighted by atomic mass is 32.1. The van der Waals surface area contributed by atoms with Crippen molar-refractivity contribution in [1.29, 1.82) is 0 Å². The largest absolute Gasteiger partial charge is 0.478 e. The Kier molecular flexibility index (Phi) is 3.42. The van der Waals surface area contributed by atoms with Crippen LogP contribution >= 0.6 is 23.6 Å².